The topological polar surface area (TPSA) is 75.3 Å². The van der Waals surface area contributed by atoms with Crippen LogP contribution in [0.5, 0.6) is 0 Å². The van der Waals surface area contributed by atoms with Gasteiger partial charge in [0.05, 0.1) is 6.04 Å². The number of nitrogens with one attached hydrogen (secondary N) is 1. The van der Waals surface area contributed by atoms with Crippen LogP contribution in [0.4, 0.5) is 0 Å². The standard InChI is InChI=1S/C13H20N2O2/c1-3-4-9-5-7-10(8-6-9)11(14)12(15-2)13(16)17/h5-8,11-12,15H,3-4,14H2,1-2H3,(H,16,17). The van der Waals surface area contributed by atoms with Gasteiger partial charge in [0.1, 0.15) is 6.04 Å². The Morgan fingerprint density at radius 3 is 2.41 bits per heavy atom. The third kappa shape index (κ3) is 3.54. The second-order valence-electron chi connectivity index (χ2n) is 4.12. The number of aryl methyl sites for hydroxylation is 1. The van der Waals surface area contributed by atoms with E-state index in [1.54, 1.807) is 7.05 Å². The molecule has 1 aromatic carbocycles. The van der Waals surface area contributed by atoms with E-state index in [9.17, 15) is 4.79 Å². The lowest BCUT2D eigenvalue weighted by Crippen LogP contribution is -2.43. The van der Waals surface area contributed by atoms with Gasteiger partial charge in [-0.2, -0.15) is 0 Å². The molecule has 0 aliphatic carbocycles. The molecule has 0 radical (unpaired) electrons. The van der Waals surface area contributed by atoms with E-state index in [4.69, 9.17) is 10.8 Å². The van der Waals surface area contributed by atoms with Crippen LogP contribution in [0.1, 0.15) is 30.5 Å². The molecule has 0 aliphatic rings. The molecule has 1 aromatic rings. The monoisotopic (exact) mass is 236 g/mol. The molecular formula is C13H20N2O2. The average Bonchev–Trinajstić information content (AvgIpc) is 2.30. The highest BCUT2D eigenvalue weighted by atomic mass is 16.4. The number of hydrogen-bond acceptors (Lipinski definition) is 3. The Hall–Kier alpha value is -1.39. The van der Waals surface area contributed by atoms with Crippen LogP contribution < -0.4 is 11.1 Å². The number of carbonyl (C=O) groups is 1. The fourth-order valence-electron chi connectivity index (χ4n) is 1.84. The Morgan fingerprint density at radius 1 is 1.41 bits per heavy atom. The number of rotatable bonds is 6. The lowest BCUT2D eigenvalue weighted by atomic mass is 9.98. The van der Waals surface area contributed by atoms with Crippen LogP contribution in [0.15, 0.2) is 24.3 Å². The third-order valence-corrected chi connectivity index (χ3v) is 2.84. The Morgan fingerprint density at radius 2 is 2.00 bits per heavy atom. The Balaban J connectivity index is 2.81. The summed E-state index contributed by atoms with van der Waals surface area (Å²) in [6, 6.07) is 6.53. The minimum Gasteiger partial charge on any atom is -0.480 e. The van der Waals surface area contributed by atoms with Crippen molar-refractivity contribution in [2.24, 2.45) is 5.73 Å². The minimum atomic E-state index is -0.933. The average molecular weight is 236 g/mol. The molecule has 0 heterocycles. The molecule has 0 aliphatic heterocycles. The van der Waals surface area contributed by atoms with E-state index in [2.05, 4.69) is 12.2 Å². The lowest BCUT2D eigenvalue weighted by molar-refractivity contribution is -0.139. The van der Waals surface area contributed by atoms with Gasteiger partial charge >= 0.3 is 5.97 Å². The zero-order valence-electron chi connectivity index (χ0n) is 10.3. The fourth-order valence-corrected chi connectivity index (χ4v) is 1.84. The summed E-state index contributed by atoms with van der Waals surface area (Å²) in [5.41, 5.74) is 8.02. The van der Waals surface area contributed by atoms with Crippen molar-refractivity contribution in [1.82, 2.24) is 5.32 Å². The molecule has 0 fully saturated rings. The second-order valence-corrected chi connectivity index (χ2v) is 4.12. The van der Waals surface area contributed by atoms with Crippen LogP contribution in [-0.4, -0.2) is 24.2 Å². The first-order valence-electron chi connectivity index (χ1n) is 5.84. The van der Waals surface area contributed by atoms with Gasteiger partial charge in [-0.3, -0.25) is 4.79 Å². The van der Waals surface area contributed by atoms with Crippen molar-refractivity contribution in [2.45, 2.75) is 31.8 Å². The lowest BCUT2D eigenvalue weighted by Gasteiger charge is -2.20. The minimum absolute atomic E-state index is 0.534. The quantitative estimate of drug-likeness (QED) is 0.696. The van der Waals surface area contributed by atoms with Gasteiger partial charge in [0.15, 0.2) is 0 Å². The summed E-state index contributed by atoms with van der Waals surface area (Å²) in [7, 11) is 1.60. The molecule has 0 bridgehead atoms. The van der Waals surface area contributed by atoms with E-state index < -0.39 is 18.1 Å². The molecule has 0 spiro atoms. The molecule has 4 N–H and O–H groups in total. The molecule has 0 amide bonds. The molecule has 2 unspecified atom stereocenters. The van der Waals surface area contributed by atoms with Crippen molar-refractivity contribution in [3.63, 3.8) is 0 Å². The number of carboxylic acid groups (broad SMARTS) is 1. The summed E-state index contributed by atoms with van der Waals surface area (Å²) in [6.07, 6.45) is 2.13. The molecule has 0 saturated carbocycles. The van der Waals surface area contributed by atoms with Crippen molar-refractivity contribution >= 4 is 5.97 Å². The van der Waals surface area contributed by atoms with Crippen LogP contribution in [0.2, 0.25) is 0 Å². The maximum Gasteiger partial charge on any atom is 0.322 e. The molecule has 2 atom stereocenters. The molecule has 1 rings (SSSR count). The first kappa shape index (κ1) is 13.7. The SMILES string of the molecule is CCCc1ccc(C(N)C(NC)C(=O)O)cc1. The highest BCUT2D eigenvalue weighted by molar-refractivity contribution is 5.74. The molecule has 0 aromatic heterocycles. The summed E-state index contributed by atoms with van der Waals surface area (Å²) in [5.74, 6) is -0.933. The molecular weight excluding hydrogens is 216 g/mol. The van der Waals surface area contributed by atoms with Crippen molar-refractivity contribution in [3.8, 4) is 0 Å². The molecule has 17 heavy (non-hydrogen) atoms. The zero-order chi connectivity index (χ0) is 12.8. The Labute approximate surface area is 102 Å². The smallest absolute Gasteiger partial charge is 0.322 e. The van der Waals surface area contributed by atoms with E-state index in [0.717, 1.165) is 18.4 Å². The molecule has 94 valence electrons. The van der Waals surface area contributed by atoms with Crippen molar-refractivity contribution in [3.05, 3.63) is 35.4 Å². The first-order valence-corrected chi connectivity index (χ1v) is 5.84. The number of likely N-dealkylation sites (N-methyl/N-ethyl adjacent to an activating group) is 1. The second kappa shape index (κ2) is 6.37. The molecule has 0 saturated heterocycles. The number of carboxylic acids is 1. The highest BCUT2D eigenvalue weighted by Crippen LogP contribution is 2.16. The maximum atomic E-state index is 11.0. The normalized spacial score (nSPS) is 14.3. The van der Waals surface area contributed by atoms with Gasteiger partial charge in [-0.1, -0.05) is 37.6 Å². The summed E-state index contributed by atoms with van der Waals surface area (Å²) in [5, 5.41) is 11.7. The van der Waals surface area contributed by atoms with E-state index in [1.807, 2.05) is 24.3 Å². The van der Waals surface area contributed by atoms with Gasteiger partial charge in [-0.15, -0.1) is 0 Å². The van der Waals surface area contributed by atoms with Crippen molar-refractivity contribution in [2.75, 3.05) is 7.05 Å². The fraction of sp³-hybridized carbons (Fsp3) is 0.462. The number of aliphatic carboxylic acids is 1. The van der Waals surface area contributed by atoms with Gasteiger partial charge < -0.3 is 16.2 Å². The molecule has 4 nitrogen and oxygen atoms in total. The zero-order valence-corrected chi connectivity index (χ0v) is 10.3. The Kier molecular flexibility index (Phi) is 5.12. The highest BCUT2D eigenvalue weighted by Gasteiger charge is 2.24. The number of benzene rings is 1. The first-order chi connectivity index (χ1) is 8.10. The van der Waals surface area contributed by atoms with Crippen LogP contribution >= 0.6 is 0 Å². The summed E-state index contributed by atoms with van der Waals surface area (Å²) in [4.78, 5) is 11.0. The van der Waals surface area contributed by atoms with Gasteiger partial charge in [0.25, 0.3) is 0 Å². The summed E-state index contributed by atoms with van der Waals surface area (Å²) < 4.78 is 0. The van der Waals surface area contributed by atoms with E-state index in [1.165, 1.54) is 5.56 Å². The summed E-state index contributed by atoms with van der Waals surface area (Å²) >= 11 is 0. The van der Waals surface area contributed by atoms with E-state index >= 15 is 0 Å². The van der Waals surface area contributed by atoms with E-state index in [0.29, 0.717) is 0 Å². The Bertz CT molecular complexity index is 362. The van der Waals surface area contributed by atoms with E-state index in [-0.39, 0.29) is 0 Å². The largest absolute Gasteiger partial charge is 0.480 e. The van der Waals surface area contributed by atoms with Crippen LogP contribution in [0.3, 0.4) is 0 Å². The van der Waals surface area contributed by atoms with Crippen LogP contribution in [0.25, 0.3) is 0 Å². The van der Waals surface area contributed by atoms with Crippen LogP contribution in [0, 0.1) is 0 Å². The van der Waals surface area contributed by atoms with Gasteiger partial charge in [0.2, 0.25) is 0 Å². The van der Waals surface area contributed by atoms with Crippen LogP contribution in [-0.2, 0) is 11.2 Å². The number of nitrogens with two attached hydrogens (primary N) is 1. The predicted octanol–water partition coefficient (Wildman–Crippen LogP) is 1.31. The van der Waals surface area contributed by atoms with Gasteiger partial charge in [0, 0.05) is 0 Å². The van der Waals surface area contributed by atoms with Crippen molar-refractivity contribution in [1.29, 1.82) is 0 Å². The maximum absolute atomic E-state index is 11.0. The third-order valence-electron chi connectivity index (χ3n) is 2.84. The predicted molar refractivity (Wildman–Crippen MR) is 67.8 cm³/mol. The van der Waals surface area contributed by atoms with Gasteiger partial charge in [-0.25, -0.2) is 0 Å². The molecule has 4 heteroatoms. The van der Waals surface area contributed by atoms with Gasteiger partial charge in [-0.05, 0) is 24.6 Å². The summed E-state index contributed by atoms with van der Waals surface area (Å²) in [6.45, 7) is 2.13. The number of hydrogen-bond donors (Lipinski definition) is 3. The van der Waals surface area contributed by atoms with Crippen molar-refractivity contribution < 1.29 is 9.90 Å².